The van der Waals surface area contributed by atoms with Gasteiger partial charge in [0.2, 0.25) is 12.7 Å². The summed E-state index contributed by atoms with van der Waals surface area (Å²) in [5.41, 5.74) is 2.10. The fraction of sp³-hybridized carbons (Fsp3) is 0.200. The minimum atomic E-state index is -0.323. The first-order chi connectivity index (χ1) is 14.2. The monoisotopic (exact) mass is 392 g/mol. The van der Waals surface area contributed by atoms with Crippen molar-refractivity contribution in [3.63, 3.8) is 0 Å². The summed E-state index contributed by atoms with van der Waals surface area (Å²) in [6.45, 7) is 3.04. The summed E-state index contributed by atoms with van der Waals surface area (Å²) in [4.78, 5) is 27.1. The van der Waals surface area contributed by atoms with Crippen LogP contribution in [0.2, 0.25) is 0 Å². The molecule has 0 fully saturated rings. The molecule has 1 aliphatic rings. The van der Waals surface area contributed by atoms with Crippen molar-refractivity contribution >= 4 is 28.8 Å². The average molecular weight is 392 g/mol. The molecule has 0 unspecified atom stereocenters. The van der Waals surface area contributed by atoms with Crippen molar-refractivity contribution in [1.82, 2.24) is 20.3 Å². The molecule has 9 heteroatoms. The van der Waals surface area contributed by atoms with E-state index in [2.05, 4.69) is 25.6 Å². The molecule has 29 heavy (non-hydrogen) atoms. The van der Waals surface area contributed by atoms with E-state index in [0.29, 0.717) is 41.8 Å². The van der Waals surface area contributed by atoms with Crippen molar-refractivity contribution < 1.29 is 14.3 Å². The van der Waals surface area contributed by atoms with Gasteiger partial charge in [0.15, 0.2) is 11.5 Å². The molecule has 1 aliphatic heterocycles. The first-order valence-corrected chi connectivity index (χ1v) is 9.17. The summed E-state index contributed by atoms with van der Waals surface area (Å²) in [6.07, 6.45) is 3.21. The quantitative estimate of drug-likeness (QED) is 0.665. The van der Waals surface area contributed by atoms with E-state index in [1.807, 2.05) is 42.2 Å². The number of ether oxygens (including phenoxy) is 2. The van der Waals surface area contributed by atoms with Crippen LogP contribution in [0.4, 0.5) is 16.4 Å². The van der Waals surface area contributed by atoms with Gasteiger partial charge in [0.1, 0.15) is 17.6 Å². The lowest BCUT2D eigenvalue weighted by molar-refractivity contribution is 0.0781. The first kappa shape index (κ1) is 18.5. The van der Waals surface area contributed by atoms with Gasteiger partial charge in [-0.2, -0.15) is 0 Å². The zero-order chi connectivity index (χ0) is 20.1. The van der Waals surface area contributed by atoms with Gasteiger partial charge >= 0.3 is 6.03 Å². The van der Waals surface area contributed by atoms with Crippen LogP contribution in [0.5, 0.6) is 0 Å². The number of amides is 2. The van der Waals surface area contributed by atoms with Crippen LogP contribution in [-0.2, 0) is 16.0 Å². The van der Waals surface area contributed by atoms with Gasteiger partial charge in [-0.1, -0.05) is 30.3 Å². The number of benzene rings is 1. The number of anilines is 2. The Morgan fingerprint density at radius 2 is 2.03 bits per heavy atom. The molecule has 3 heterocycles. The number of fused-ring (bicyclic) bond motifs is 1. The highest BCUT2D eigenvalue weighted by molar-refractivity contribution is 5.89. The lowest BCUT2D eigenvalue weighted by Crippen LogP contribution is -2.28. The highest BCUT2D eigenvalue weighted by atomic mass is 16.7. The molecule has 1 aromatic carbocycles. The number of aromatic nitrogens is 3. The van der Waals surface area contributed by atoms with Crippen LogP contribution in [0.3, 0.4) is 0 Å². The van der Waals surface area contributed by atoms with E-state index in [9.17, 15) is 4.79 Å². The van der Waals surface area contributed by atoms with E-state index in [0.717, 1.165) is 5.56 Å². The SMILES string of the molecule is CCNC(=O)Nc1ccc2ncc(N(Cc3ccccc3)C3=COCO3)nc2n1. The smallest absolute Gasteiger partial charge is 0.320 e. The Hall–Kier alpha value is -3.88. The highest BCUT2D eigenvalue weighted by Gasteiger charge is 2.20. The molecule has 148 valence electrons. The van der Waals surface area contributed by atoms with Gasteiger partial charge in [-0.25, -0.2) is 19.7 Å². The summed E-state index contributed by atoms with van der Waals surface area (Å²) >= 11 is 0. The number of pyridine rings is 1. The molecule has 0 spiro atoms. The van der Waals surface area contributed by atoms with Crippen LogP contribution in [0.25, 0.3) is 11.2 Å². The molecule has 0 atom stereocenters. The zero-order valence-corrected chi connectivity index (χ0v) is 15.8. The highest BCUT2D eigenvalue weighted by Crippen LogP contribution is 2.24. The zero-order valence-electron chi connectivity index (χ0n) is 15.8. The van der Waals surface area contributed by atoms with E-state index in [4.69, 9.17) is 9.47 Å². The summed E-state index contributed by atoms with van der Waals surface area (Å²) in [5, 5.41) is 5.34. The molecule has 2 amide bonds. The fourth-order valence-corrected chi connectivity index (χ4v) is 2.82. The lowest BCUT2D eigenvalue weighted by Gasteiger charge is -2.22. The van der Waals surface area contributed by atoms with Gasteiger partial charge in [0.05, 0.1) is 12.7 Å². The van der Waals surface area contributed by atoms with Crippen molar-refractivity contribution in [3.05, 3.63) is 66.4 Å². The summed E-state index contributed by atoms with van der Waals surface area (Å²) in [5.74, 6) is 1.49. The van der Waals surface area contributed by atoms with Crippen molar-refractivity contribution in [2.45, 2.75) is 13.5 Å². The van der Waals surface area contributed by atoms with Crippen LogP contribution in [-0.4, -0.2) is 34.3 Å². The third-order valence-corrected chi connectivity index (χ3v) is 4.16. The fourth-order valence-electron chi connectivity index (χ4n) is 2.82. The number of urea groups is 1. The van der Waals surface area contributed by atoms with E-state index in [-0.39, 0.29) is 12.8 Å². The van der Waals surface area contributed by atoms with E-state index >= 15 is 0 Å². The topological polar surface area (TPSA) is 102 Å². The predicted octanol–water partition coefficient (Wildman–Crippen LogP) is 2.98. The molecule has 0 radical (unpaired) electrons. The minimum Gasteiger partial charge on any atom is -0.459 e. The molecule has 3 aromatic rings. The van der Waals surface area contributed by atoms with Gasteiger partial charge in [0, 0.05) is 6.54 Å². The Balaban J connectivity index is 1.66. The third-order valence-electron chi connectivity index (χ3n) is 4.16. The molecule has 0 bridgehead atoms. The van der Waals surface area contributed by atoms with E-state index < -0.39 is 0 Å². The molecule has 0 aliphatic carbocycles. The number of hydrogen-bond donors (Lipinski definition) is 2. The normalized spacial score (nSPS) is 12.7. The van der Waals surface area contributed by atoms with Crippen molar-refractivity contribution in [3.8, 4) is 0 Å². The Labute approximate surface area is 167 Å². The van der Waals surface area contributed by atoms with E-state index in [1.165, 1.54) is 0 Å². The molecular formula is C20H20N6O3. The summed E-state index contributed by atoms with van der Waals surface area (Å²) < 4.78 is 10.8. The Morgan fingerprint density at radius 3 is 2.79 bits per heavy atom. The van der Waals surface area contributed by atoms with Gasteiger partial charge in [0.25, 0.3) is 0 Å². The molecule has 2 aromatic heterocycles. The standard InChI is InChI=1S/C20H20N6O3/c1-2-21-20(27)24-16-9-8-15-19(23-16)25-17(10-22-15)26(18-12-28-13-29-18)11-14-6-4-3-5-7-14/h3-10,12H,2,11,13H2,1H3,(H2,21,23,24,25,27). The van der Waals surface area contributed by atoms with Gasteiger partial charge in [-0.05, 0) is 24.6 Å². The number of rotatable bonds is 6. The van der Waals surface area contributed by atoms with Crippen molar-refractivity contribution in [1.29, 1.82) is 0 Å². The predicted molar refractivity (Wildman–Crippen MR) is 108 cm³/mol. The van der Waals surface area contributed by atoms with E-state index in [1.54, 1.807) is 24.6 Å². The van der Waals surface area contributed by atoms with Crippen LogP contribution >= 0.6 is 0 Å². The maximum absolute atomic E-state index is 11.8. The maximum Gasteiger partial charge on any atom is 0.320 e. The molecule has 9 nitrogen and oxygen atoms in total. The van der Waals surface area contributed by atoms with Gasteiger partial charge in [-0.3, -0.25) is 10.2 Å². The number of hydrogen-bond acceptors (Lipinski definition) is 7. The number of carbonyl (C=O) groups is 1. The van der Waals surface area contributed by atoms with Crippen LogP contribution in [0.15, 0.2) is 60.8 Å². The van der Waals surface area contributed by atoms with Gasteiger partial charge in [-0.15, -0.1) is 0 Å². The molecule has 4 rings (SSSR count). The van der Waals surface area contributed by atoms with Crippen LogP contribution < -0.4 is 15.5 Å². The lowest BCUT2D eigenvalue weighted by atomic mass is 10.2. The molecular weight excluding hydrogens is 372 g/mol. The van der Waals surface area contributed by atoms with Crippen molar-refractivity contribution in [2.24, 2.45) is 0 Å². The van der Waals surface area contributed by atoms with Crippen LogP contribution in [0.1, 0.15) is 12.5 Å². The third kappa shape index (κ3) is 4.34. The minimum absolute atomic E-state index is 0.153. The molecule has 2 N–H and O–H groups in total. The second-order valence-corrected chi connectivity index (χ2v) is 6.21. The number of nitrogens with one attached hydrogen (secondary N) is 2. The largest absolute Gasteiger partial charge is 0.459 e. The first-order valence-electron chi connectivity index (χ1n) is 9.17. The maximum atomic E-state index is 11.8. The Morgan fingerprint density at radius 1 is 1.17 bits per heavy atom. The van der Waals surface area contributed by atoms with Crippen LogP contribution in [0, 0.1) is 0 Å². The molecule has 0 saturated heterocycles. The molecule has 0 saturated carbocycles. The summed E-state index contributed by atoms with van der Waals surface area (Å²) in [6, 6.07) is 13.1. The second kappa shape index (κ2) is 8.42. The average Bonchev–Trinajstić information content (AvgIpc) is 3.27. The number of carbonyl (C=O) groups excluding carboxylic acids is 1. The Bertz CT molecular complexity index is 1040. The summed E-state index contributed by atoms with van der Waals surface area (Å²) in [7, 11) is 0. The number of nitrogens with zero attached hydrogens (tertiary/aromatic N) is 4. The second-order valence-electron chi connectivity index (χ2n) is 6.21. The van der Waals surface area contributed by atoms with Crippen molar-refractivity contribution in [2.75, 3.05) is 23.6 Å². The van der Waals surface area contributed by atoms with Gasteiger partial charge < -0.3 is 14.8 Å². The Kier molecular flexibility index (Phi) is 5.37.